The number of aryl methyl sites for hydroxylation is 2. The van der Waals surface area contributed by atoms with E-state index < -0.39 is 0 Å². The zero-order valence-corrected chi connectivity index (χ0v) is 11.4. The molecule has 0 radical (unpaired) electrons. The van der Waals surface area contributed by atoms with Crippen LogP contribution in [-0.2, 0) is 0 Å². The number of hydrogen-bond acceptors (Lipinski definition) is 2. The van der Waals surface area contributed by atoms with Gasteiger partial charge in [0.2, 0.25) is 0 Å². The first-order valence-electron chi connectivity index (χ1n) is 3.45. The Bertz CT molecular complexity index is 291. The molecule has 0 saturated carbocycles. The maximum atomic E-state index is 3.50. The van der Waals surface area contributed by atoms with Gasteiger partial charge in [-0.25, -0.2) is 0 Å². The molecule has 0 amide bonds. The van der Waals surface area contributed by atoms with Crippen molar-refractivity contribution in [3.63, 3.8) is 0 Å². The number of hydrogen-bond donors (Lipinski definition) is 1. The largest absolute Gasteiger partial charge is 0.321 e. The number of anilines is 1. The molecule has 0 aliphatic heterocycles. The van der Waals surface area contributed by atoms with E-state index in [1.807, 2.05) is 0 Å². The highest BCUT2D eigenvalue weighted by Crippen LogP contribution is 2.27. The molecule has 0 fully saturated rings. The van der Waals surface area contributed by atoms with E-state index in [0.29, 0.717) is 0 Å². The summed E-state index contributed by atoms with van der Waals surface area (Å²) in [5.74, 6) is 0. The molecule has 4 heteroatoms. The maximum Gasteiger partial charge on any atom is 0.0487 e. The number of halogens is 2. The van der Waals surface area contributed by atoms with Crippen molar-refractivity contribution in [1.82, 2.24) is 0 Å². The molecule has 0 heterocycles. The fourth-order valence-electron chi connectivity index (χ4n) is 0.977. The topological polar surface area (TPSA) is 12.0 Å². The fraction of sp³-hybridized carbons (Fsp3) is 0.250. The SMILES string of the molecule is Cc1cc(C)c(NSI)cc1Br. The number of rotatable bonds is 2. The standard InChI is InChI=1S/C8H9BrINS/c1-5-3-6(2)8(11-12-10)4-7(5)9/h3-4,11H,1-2H3. The maximum absolute atomic E-state index is 3.50. The molecule has 1 N–H and O–H groups in total. The lowest BCUT2D eigenvalue weighted by atomic mass is 10.1. The summed E-state index contributed by atoms with van der Waals surface area (Å²) in [6, 6.07) is 4.27. The van der Waals surface area contributed by atoms with E-state index in [0.717, 1.165) is 4.47 Å². The fourth-order valence-corrected chi connectivity index (χ4v) is 2.34. The van der Waals surface area contributed by atoms with Crippen LogP contribution in [0.25, 0.3) is 0 Å². The van der Waals surface area contributed by atoms with Crippen LogP contribution in [0.3, 0.4) is 0 Å². The summed E-state index contributed by atoms with van der Waals surface area (Å²) < 4.78 is 4.37. The summed E-state index contributed by atoms with van der Waals surface area (Å²) in [5, 5.41) is 0. The molecule has 1 aromatic carbocycles. The normalized spacial score (nSPS) is 10.0. The van der Waals surface area contributed by atoms with Gasteiger partial charge in [0.25, 0.3) is 0 Å². The van der Waals surface area contributed by atoms with Gasteiger partial charge in [0, 0.05) is 40.5 Å². The van der Waals surface area contributed by atoms with Crippen molar-refractivity contribution in [1.29, 1.82) is 0 Å². The zero-order chi connectivity index (χ0) is 9.14. The van der Waals surface area contributed by atoms with Crippen LogP contribution in [0.2, 0.25) is 0 Å². The van der Waals surface area contributed by atoms with Crippen molar-refractivity contribution in [2.45, 2.75) is 13.8 Å². The molecule has 0 aliphatic rings. The van der Waals surface area contributed by atoms with E-state index in [1.54, 1.807) is 9.12 Å². The van der Waals surface area contributed by atoms with E-state index in [-0.39, 0.29) is 0 Å². The minimum Gasteiger partial charge on any atom is -0.321 e. The van der Waals surface area contributed by atoms with Crippen molar-refractivity contribution in [3.8, 4) is 0 Å². The molecular formula is C8H9BrINS. The van der Waals surface area contributed by atoms with Crippen LogP contribution < -0.4 is 4.72 Å². The number of nitrogens with one attached hydrogen (secondary N) is 1. The lowest BCUT2D eigenvalue weighted by molar-refractivity contribution is 1.36. The summed E-state index contributed by atoms with van der Waals surface area (Å²) in [7, 11) is 1.58. The van der Waals surface area contributed by atoms with Crippen molar-refractivity contribution >= 4 is 51.9 Å². The lowest BCUT2D eigenvalue weighted by Gasteiger charge is -2.07. The van der Waals surface area contributed by atoms with Gasteiger partial charge < -0.3 is 4.72 Å². The van der Waals surface area contributed by atoms with Crippen LogP contribution in [0, 0.1) is 13.8 Å². The van der Waals surface area contributed by atoms with Crippen molar-refractivity contribution in [3.05, 3.63) is 27.7 Å². The van der Waals surface area contributed by atoms with E-state index >= 15 is 0 Å². The summed E-state index contributed by atoms with van der Waals surface area (Å²) in [5.41, 5.74) is 3.73. The highest BCUT2D eigenvalue weighted by atomic mass is 127. The predicted octanol–water partition coefficient (Wildman–Crippen LogP) is 4.48. The third-order valence-corrected chi connectivity index (χ3v) is 3.47. The highest BCUT2D eigenvalue weighted by molar-refractivity contribution is 14.2. The van der Waals surface area contributed by atoms with Gasteiger partial charge >= 0.3 is 0 Å². The van der Waals surface area contributed by atoms with Crippen molar-refractivity contribution < 1.29 is 0 Å². The van der Waals surface area contributed by atoms with Crippen LogP contribution in [0.4, 0.5) is 5.69 Å². The van der Waals surface area contributed by atoms with E-state index in [1.165, 1.54) is 16.8 Å². The smallest absolute Gasteiger partial charge is 0.0487 e. The second-order valence-corrected chi connectivity index (χ2v) is 5.13. The van der Waals surface area contributed by atoms with Crippen molar-refractivity contribution in [2.24, 2.45) is 0 Å². The Kier molecular flexibility index (Phi) is 4.19. The quantitative estimate of drug-likeness (QED) is 0.618. The minimum atomic E-state index is 1.15. The second-order valence-electron chi connectivity index (χ2n) is 2.60. The Labute approximate surface area is 97.5 Å². The summed E-state index contributed by atoms with van der Waals surface area (Å²) in [6.45, 7) is 4.20. The van der Waals surface area contributed by atoms with Gasteiger partial charge in [-0.05, 0) is 31.0 Å². The molecule has 1 nitrogen and oxygen atoms in total. The molecule has 1 rings (SSSR count). The predicted molar refractivity (Wildman–Crippen MR) is 68.8 cm³/mol. The van der Waals surface area contributed by atoms with Crippen LogP contribution in [0.5, 0.6) is 0 Å². The molecule has 66 valence electrons. The van der Waals surface area contributed by atoms with Gasteiger partial charge in [-0.1, -0.05) is 22.0 Å². The van der Waals surface area contributed by atoms with Gasteiger partial charge in [0.15, 0.2) is 0 Å². The monoisotopic (exact) mass is 357 g/mol. The Morgan fingerprint density at radius 3 is 2.58 bits per heavy atom. The van der Waals surface area contributed by atoms with E-state index in [4.69, 9.17) is 0 Å². The molecule has 12 heavy (non-hydrogen) atoms. The molecule has 0 aromatic heterocycles. The Morgan fingerprint density at radius 1 is 1.33 bits per heavy atom. The summed E-state index contributed by atoms with van der Waals surface area (Å²) >= 11 is 5.72. The van der Waals surface area contributed by atoms with E-state index in [2.05, 4.69) is 67.8 Å². The Balaban J connectivity index is 3.05. The summed E-state index contributed by atoms with van der Waals surface area (Å²) in [6.07, 6.45) is 0. The molecule has 0 spiro atoms. The average molecular weight is 358 g/mol. The molecular weight excluding hydrogens is 349 g/mol. The summed E-state index contributed by atoms with van der Waals surface area (Å²) in [4.78, 5) is 0. The lowest BCUT2D eigenvalue weighted by Crippen LogP contribution is -1.88. The van der Waals surface area contributed by atoms with Crippen molar-refractivity contribution in [2.75, 3.05) is 4.72 Å². The molecule has 0 aliphatic carbocycles. The highest BCUT2D eigenvalue weighted by Gasteiger charge is 2.01. The first kappa shape index (κ1) is 10.7. The van der Waals surface area contributed by atoms with Gasteiger partial charge in [-0.15, -0.1) is 0 Å². The van der Waals surface area contributed by atoms with Gasteiger partial charge in [-0.3, -0.25) is 0 Å². The first-order valence-corrected chi connectivity index (χ1v) is 7.60. The molecule has 0 saturated heterocycles. The van der Waals surface area contributed by atoms with Crippen LogP contribution in [-0.4, -0.2) is 0 Å². The Morgan fingerprint density at radius 2 is 2.00 bits per heavy atom. The average Bonchev–Trinajstić information content (AvgIpc) is 2.01. The van der Waals surface area contributed by atoms with Gasteiger partial charge in [0.1, 0.15) is 0 Å². The van der Waals surface area contributed by atoms with Crippen LogP contribution >= 0.6 is 46.3 Å². The van der Waals surface area contributed by atoms with E-state index in [9.17, 15) is 0 Å². The minimum absolute atomic E-state index is 1.15. The number of benzene rings is 1. The molecule has 0 atom stereocenters. The van der Waals surface area contributed by atoms with Crippen LogP contribution in [0.1, 0.15) is 11.1 Å². The second kappa shape index (κ2) is 4.72. The Hall–Kier alpha value is 0.580. The molecule has 0 bridgehead atoms. The van der Waals surface area contributed by atoms with Gasteiger partial charge in [0.05, 0.1) is 0 Å². The molecule has 0 unspecified atom stereocenters. The third kappa shape index (κ3) is 2.53. The van der Waals surface area contributed by atoms with Gasteiger partial charge in [-0.2, -0.15) is 0 Å². The third-order valence-electron chi connectivity index (χ3n) is 1.65. The van der Waals surface area contributed by atoms with Crippen LogP contribution in [0.15, 0.2) is 16.6 Å². The first-order chi connectivity index (χ1) is 5.65. The zero-order valence-electron chi connectivity index (χ0n) is 6.82. The molecule has 1 aromatic rings.